The summed E-state index contributed by atoms with van der Waals surface area (Å²) in [6.07, 6.45) is 0.481. The molecule has 0 aromatic heterocycles. The molecule has 8 nitrogen and oxygen atoms in total. The lowest BCUT2D eigenvalue weighted by Crippen LogP contribution is -2.45. The third-order valence-corrected chi connectivity index (χ3v) is 4.08. The molecule has 8 heteroatoms. The second-order valence-corrected chi connectivity index (χ2v) is 6.18. The van der Waals surface area contributed by atoms with Gasteiger partial charge in [-0.2, -0.15) is 0 Å². The molecule has 0 unspecified atom stereocenters. The summed E-state index contributed by atoms with van der Waals surface area (Å²) in [5.41, 5.74) is 0.303. The highest BCUT2D eigenvalue weighted by Gasteiger charge is 2.25. The fourth-order valence-electron chi connectivity index (χ4n) is 2.84. The zero-order valence-electron chi connectivity index (χ0n) is 15.0. The van der Waals surface area contributed by atoms with Crippen molar-refractivity contribution in [3.63, 3.8) is 0 Å². The van der Waals surface area contributed by atoms with E-state index in [-0.39, 0.29) is 17.8 Å². The molecule has 0 bridgehead atoms. The van der Waals surface area contributed by atoms with Crippen LogP contribution in [-0.4, -0.2) is 41.7 Å². The van der Waals surface area contributed by atoms with E-state index in [2.05, 4.69) is 5.32 Å². The Morgan fingerprint density at radius 2 is 2.04 bits per heavy atom. The third-order valence-electron chi connectivity index (χ3n) is 4.08. The number of carbonyl (C=O) groups excluding carboxylic acids is 1. The monoisotopic (exact) mass is 371 g/mol. The first-order valence-electron chi connectivity index (χ1n) is 8.75. The van der Waals surface area contributed by atoms with E-state index in [4.69, 9.17) is 9.47 Å². The van der Waals surface area contributed by atoms with Crippen molar-refractivity contribution in [3.8, 4) is 11.5 Å². The van der Waals surface area contributed by atoms with Gasteiger partial charge in [0.15, 0.2) is 17.6 Å². The predicted octanol–water partition coefficient (Wildman–Crippen LogP) is 3.68. The molecule has 0 saturated carbocycles. The van der Waals surface area contributed by atoms with Crippen LogP contribution in [0.15, 0.2) is 48.5 Å². The SMILES string of the molecule is CCCN(C[C@H]1COc2ccccc2O1)C(=O)Nc1cccc([N+](=O)[O-])c1. The molecule has 1 aliphatic heterocycles. The van der Waals surface area contributed by atoms with Gasteiger partial charge in [0.05, 0.1) is 11.5 Å². The molecule has 1 N–H and O–H groups in total. The van der Waals surface area contributed by atoms with Gasteiger partial charge >= 0.3 is 6.03 Å². The molecule has 1 aliphatic rings. The number of urea groups is 1. The lowest BCUT2D eigenvalue weighted by molar-refractivity contribution is -0.384. The standard InChI is InChI=1S/C19H21N3O5/c1-2-10-21(12-16-13-26-17-8-3-4-9-18(17)27-16)19(23)20-14-6-5-7-15(11-14)22(24)25/h3-9,11,16H,2,10,12-13H2,1H3,(H,20,23)/t16-/m0/s1. The van der Waals surface area contributed by atoms with E-state index in [9.17, 15) is 14.9 Å². The van der Waals surface area contributed by atoms with Gasteiger partial charge in [-0.1, -0.05) is 25.1 Å². The number of ether oxygens (including phenoxy) is 2. The number of nitro benzene ring substituents is 1. The molecule has 27 heavy (non-hydrogen) atoms. The van der Waals surface area contributed by atoms with E-state index in [0.717, 1.165) is 6.42 Å². The number of anilines is 1. The normalized spacial score (nSPS) is 15.1. The highest BCUT2D eigenvalue weighted by Crippen LogP contribution is 2.31. The molecule has 142 valence electrons. The first kappa shape index (κ1) is 18.5. The number of hydrogen-bond donors (Lipinski definition) is 1. The largest absolute Gasteiger partial charge is 0.486 e. The van der Waals surface area contributed by atoms with Crippen LogP contribution in [0.5, 0.6) is 11.5 Å². The van der Waals surface area contributed by atoms with Gasteiger partial charge in [0.2, 0.25) is 0 Å². The number of amides is 2. The zero-order chi connectivity index (χ0) is 19.2. The number of non-ortho nitro benzene ring substituents is 1. The second kappa shape index (κ2) is 8.39. The van der Waals surface area contributed by atoms with Gasteiger partial charge in [-0.25, -0.2) is 4.79 Å². The number of para-hydroxylation sites is 2. The smallest absolute Gasteiger partial charge is 0.321 e. The van der Waals surface area contributed by atoms with Crippen molar-refractivity contribution in [1.29, 1.82) is 0 Å². The number of carbonyl (C=O) groups is 1. The summed E-state index contributed by atoms with van der Waals surface area (Å²) in [5, 5.41) is 13.6. The molecule has 2 amide bonds. The van der Waals surface area contributed by atoms with Crippen molar-refractivity contribution in [2.24, 2.45) is 0 Å². The molecule has 2 aromatic carbocycles. The third kappa shape index (κ3) is 4.66. The van der Waals surface area contributed by atoms with Gasteiger partial charge in [0.25, 0.3) is 5.69 Å². The van der Waals surface area contributed by atoms with Crippen LogP contribution < -0.4 is 14.8 Å². The number of nitrogens with one attached hydrogen (secondary N) is 1. The van der Waals surface area contributed by atoms with Gasteiger partial charge < -0.3 is 19.7 Å². The van der Waals surface area contributed by atoms with E-state index < -0.39 is 4.92 Å². The topological polar surface area (TPSA) is 93.9 Å². The molecule has 0 aliphatic carbocycles. The fourth-order valence-corrected chi connectivity index (χ4v) is 2.84. The molecule has 2 aromatic rings. The molecule has 1 atom stereocenters. The van der Waals surface area contributed by atoms with Crippen LogP contribution in [0.3, 0.4) is 0 Å². The maximum Gasteiger partial charge on any atom is 0.321 e. The molecule has 0 radical (unpaired) electrons. The summed E-state index contributed by atoms with van der Waals surface area (Å²) < 4.78 is 11.6. The van der Waals surface area contributed by atoms with Crippen LogP contribution in [0.2, 0.25) is 0 Å². The Bertz CT molecular complexity index is 826. The Hall–Kier alpha value is -3.29. The molecule has 0 spiro atoms. The van der Waals surface area contributed by atoms with Crippen LogP contribution in [0.25, 0.3) is 0 Å². The number of hydrogen-bond acceptors (Lipinski definition) is 5. The average molecular weight is 371 g/mol. The van der Waals surface area contributed by atoms with Crippen LogP contribution in [0.4, 0.5) is 16.2 Å². The number of rotatable bonds is 6. The molecule has 0 fully saturated rings. The van der Waals surface area contributed by atoms with Crippen molar-refractivity contribution in [1.82, 2.24) is 4.90 Å². The Morgan fingerprint density at radius 1 is 1.26 bits per heavy atom. The van der Waals surface area contributed by atoms with E-state index in [1.807, 2.05) is 31.2 Å². The molecular weight excluding hydrogens is 350 g/mol. The second-order valence-electron chi connectivity index (χ2n) is 6.18. The summed E-state index contributed by atoms with van der Waals surface area (Å²) in [6.45, 7) is 3.20. The lowest BCUT2D eigenvalue weighted by Gasteiger charge is -2.31. The summed E-state index contributed by atoms with van der Waals surface area (Å²) in [7, 11) is 0. The van der Waals surface area contributed by atoms with Crippen LogP contribution in [0.1, 0.15) is 13.3 Å². The first-order valence-corrected chi connectivity index (χ1v) is 8.75. The number of benzene rings is 2. The van der Waals surface area contributed by atoms with Crippen molar-refractivity contribution < 1.29 is 19.2 Å². The van der Waals surface area contributed by atoms with Crippen molar-refractivity contribution in [2.75, 3.05) is 25.0 Å². The first-order chi connectivity index (χ1) is 13.1. The van der Waals surface area contributed by atoms with Gasteiger partial charge in [-0.05, 0) is 24.6 Å². The van der Waals surface area contributed by atoms with Crippen molar-refractivity contribution in [2.45, 2.75) is 19.4 Å². The van der Waals surface area contributed by atoms with Gasteiger partial charge in [-0.3, -0.25) is 10.1 Å². The number of nitrogens with zero attached hydrogens (tertiary/aromatic N) is 2. The van der Waals surface area contributed by atoms with Gasteiger partial charge in [0, 0.05) is 24.4 Å². The van der Waals surface area contributed by atoms with E-state index in [1.165, 1.54) is 18.2 Å². The molecule has 0 saturated heterocycles. The predicted molar refractivity (Wildman–Crippen MR) is 100 cm³/mol. The zero-order valence-corrected chi connectivity index (χ0v) is 15.0. The minimum Gasteiger partial charge on any atom is -0.486 e. The number of fused-ring (bicyclic) bond motifs is 1. The van der Waals surface area contributed by atoms with Crippen molar-refractivity contribution >= 4 is 17.4 Å². The maximum absolute atomic E-state index is 12.7. The Labute approximate surface area is 156 Å². The summed E-state index contributed by atoms with van der Waals surface area (Å²) >= 11 is 0. The van der Waals surface area contributed by atoms with Crippen LogP contribution >= 0.6 is 0 Å². The van der Waals surface area contributed by atoms with Crippen LogP contribution in [-0.2, 0) is 0 Å². The summed E-state index contributed by atoms with van der Waals surface area (Å²) in [6, 6.07) is 12.9. The fraction of sp³-hybridized carbons (Fsp3) is 0.316. The van der Waals surface area contributed by atoms with Crippen LogP contribution in [0, 0.1) is 10.1 Å². The molecular formula is C19H21N3O5. The quantitative estimate of drug-likeness (QED) is 0.617. The van der Waals surface area contributed by atoms with E-state index in [1.54, 1.807) is 11.0 Å². The molecule has 1 heterocycles. The number of nitro groups is 1. The highest BCUT2D eigenvalue weighted by molar-refractivity contribution is 5.89. The minimum atomic E-state index is -0.496. The van der Waals surface area contributed by atoms with E-state index in [0.29, 0.717) is 36.9 Å². The van der Waals surface area contributed by atoms with Gasteiger partial charge in [-0.15, -0.1) is 0 Å². The maximum atomic E-state index is 12.7. The molecule has 3 rings (SSSR count). The Kier molecular flexibility index (Phi) is 5.75. The highest BCUT2D eigenvalue weighted by atomic mass is 16.6. The average Bonchev–Trinajstić information content (AvgIpc) is 2.67. The van der Waals surface area contributed by atoms with E-state index >= 15 is 0 Å². The Morgan fingerprint density at radius 3 is 2.78 bits per heavy atom. The van der Waals surface area contributed by atoms with Crippen molar-refractivity contribution in [3.05, 3.63) is 58.6 Å². The lowest BCUT2D eigenvalue weighted by atomic mass is 10.2. The Balaban J connectivity index is 1.65. The summed E-state index contributed by atoms with van der Waals surface area (Å²) in [5.74, 6) is 1.35. The summed E-state index contributed by atoms with van der Waals surface area (Å²) in [4.78, 5) is 24.7. The minimum absolute atomic E-state index is 0.0736. The van der Waals surface area contributed by atoms with Gasteiger partial charge in [0.1, 0.15) is 6.61 Å².